The molecule has 4 nitrogen and oxygen atoms in total. The van der Waals surface area contributed by atoms with Crippen molar-refractivity contribution in [2.24, 2.45) is 0 Å². The smallest absolute Gasteiger partial charge is 0.246 e. The first-order chi connectivity index (χ1) is 6.39. The standard InChI is InChI=1S/C10H21NO3/c1-5-8(6-12)11-9(13)7-14-10(2,3)4/h8,12H,5-7H2,1-4H3,(H,11,13)/t8-/m1/s1. The summed E-state index contributed by atoms with van der Waals surface area (Å²) >= 11 is 0. The number of nitrogens with one attached hydrogen (secondary N) is 1. The fourth-order valence-electron chi connectivity index (χ4n) is 0.828. The van der Waals surface area contributed by atoms with E-state index in [1.165, 1.54) is 0 Å². The van der Waals surface area contributed by atoms with Crippen LogP contribution in [0.4, 0.5) is 0 Å². The van der Waals surface area contributed by atoms with E-state index < -0.39 is 0 Å². The topological polar surface area (TPSA) is 58.6 Å². The Labute approximate surface area is 85.6 Å². The Kier molecular flexibility index (Phi) is 5.72. The van der Waals surface area contributed by atoms with Crippen LogP contribution in [0.1, 0.15) is 34.1 Å². The first-order valence-corrected chi connectivity index (χ1v) is 4.93. The fourth-order valence-corrected chi connectivity index (χ4v) is 0.828. The van der Waals surface area contributed by atoms with Crippen molar-refractivity contribution in [2.45, 2.75) is 45.8 Å². The van der Waals surface area contributed by atoms with Crippen molar-refractivity contribution in [3.8, 4) is 0 Å². The molecule has 0 rings (SSSR count). The van der Waals surface area contributed by atoms with Gasteiger partial charge in [-0.3, -0.25) is 4.79 Å². The number of ether oxygens (including phenoxy) is 1. The number of rotatable bonds is 5. The lowest BCUT2D eigenvalue weighted by atomic mass is 10.2. The largest absolute Gasteiger partial charge is 0.394 e. The van der Waals surface area contributed by atoms with Crippen LogP contribution in [0.25, 0.3) is 0 Å². The second kappa shape index (κ2) is 5.98. The molecule has 0 unspecified atom stereocenters. The van der Waals surface area contributed by atoms with Crippen LogP contribution in [0.2, 0.25) is 0 Å². The van der Waals surface area contributed by atoms with E-state index in [1.54, 1.807) is 0 Å². The Morgan fingerprint density at radius 1 is 1.50 bits per heavy atom. The SMILES string of the molecule is CC[C@H](CO)NC(=O)COC(C)(C)C. The summed E-state index contributed by atoms with van der Waals surface area (Å²) in [5.41, 5.74) is -0.307. The molecule has 0 radical (unpaired) electrons. The zero-order valence-corrected chi connectivity index (χ0v) is 9.46. The molecule has 0 aliphatic carbocycles. The molecular weight excluding hydrogens is 182 g/mol. The Morgan fingerprint density at radius 3 is 2.43 bits per heavy atom. The number of carbonyl (C=O) groups excluding carboxylic acids is 1. The number of amides is 1. The predicted molar refractivity (Wildman–Crippen MR) is 55.0 cm³/mol. The van der Waals surface area contributed by atoms with Gasteiger partial charge in [0, 0.05) is 0 Å². The second-order valence-corrected chi connectivity index (χ2v) is 4.26. The van der Waals surface area contributed by atoms with Gasteiger partial charge in [-0.25, -0.2) is 0 Å². The fraction of sp³-hybridized carbons (Fsp3) is 0.900. The summed E-state index contributed by atoms with van der Waals surface area (Å²) in [5.74, 6) is -0.180. The van der Waals surface area contributed by atoms with Crippen molar-refractivity contribution in [1.82, 2.24) is 5.32 Å². The third-order valence-electron chi connectivity index (χ3n) is 1.71. The number of carbonyl (C=O) groups is 1. The Morgan fingerprint density at radius 2 is 2.07 bits per heavy atom. The Bertz CT molecular complexity index is 171. The highest BCUT2D eigenvalue weighted by atomic mass is 16.5. The van der Waals surface area contributed by atoms with Crippen LogP contribution in [0.15, 0.2) is 0 Å². The van der Waals surface area contributed by atoms with Crippen molar-refractivity contribution in [3.05, 3.63) is 0 Å². The minimum atomic E-state index is -0.307. The van der Waals surface area contributed by atoms with E-state index in [0.717, 1.165) is 6.42 Å². The van der Waals surface area contributed by atoms with Crippen LogP contribution in [0.5, 0.6) is 0 Å². The van der Waals surface area contributed by atoms with Crippen molar-refractivity contribution in [1.29, 1.82) is 0 Å². The Hall–Kier alpha value is -0.610. The highest BCUT2D eigenvalue weighted by Crippen LogP contribution is 2.05. The number of aliphatic hydroxyl groups is 1. The summed E-state index contributed by atoms with van der Waals surface area (Å²) in [6.07, 6.45) is 0.720. The van der Waals surface area contributed by atoms with Gasteiger partial charge >= 0.3 is 0 Å². The van der Waals surface area contributed by atoms with Gasteiger partial charge in [0.15, 0.2) is 0 Å². The number of hydrogen-bond acceptors (Lipinski definition) is 3. The molecule has 0 heterocycles. The average Bonchev–Trinajstić information content (AvgIpc) is 2.09. The van der Waals surface area contributed by atoms with Crippen LogP contribution in [-0.2, 0) is 9.53 Å². The van der Waals surface area contributed by atoms with Crippen LogP contribution >= 0.6 is 0 Å². The maximum Gasteiger partial charge on any atom is 0.246 e. The van der Waals surface area contributed by atoms with E-state index in [1.807, 2.05) is 27.7 Å². The van der Waals surface area contributed by atoms with Crippen molar-refractivity contribution in [3.63, 3.8) is 0 Å². The van der Waals surface area contributed by atoms with Gasteiger partial charge in [-0.1, -0.05) is 6.92 Å². The van der Waals surface area contributed by atoms with Gasteiger partial charge in [-0.2, -0.15) is 0 Å². The molecule has 0 spiro atoms. The molecule has 0 saturated carbocycles. The molecule has 1 amide bonds. The van der Waals surface area contributed by atoms with Crippen LogP contribution in [0.3, 0.4) is 0 Å². The van der Waals surface area contributed by atoms with Crippen LogP contribution in [-0.4, -0.2) is 35.9 Å². The molecule has 0 aromatic heterocycles. The summed E-state index contributed by atoms with van der Waals surface area (Å²) in [6, 6.07) is -0.161. The molecule has 4 heteroatoms. The van der Waals surface area contributed by atoms with Gasteiger partial charge in [0.25, 0.3) is 0 Å². The number of aliphatic hydroxyl groups excluding tert-OH is 1. The molecule has 0 aromatic carbocycles. The lowest BCUT2D eigenvalue weighted by Crippen LogP contribution is -2.40. The Balaban J connectivity index is 3.75. The zero-order valence-electron chi connectivity index (χ0n) is 9.46. The van der Waals surface area contributed by atoms with Crippen molar-refractivity contribution >= 4 is 5.91 Å². The summed E-state index contributed by atoms with van der Waals surface area (Å²) in [7, 11) is 0. The zero-order chi connectivity index (χ0) is 11.2. The van der Waals surface area contributed by atoms with E-state index in [4.69, 9.17) is 9.84 Å². The minimum Gasteiger partial charge on any atom is -0.394 e. The highest BCUT2D eigenvalue weighted by Gasteiger charge is 2.14. The lowest BCUT2D eigenvalue weighted by Gasteiger charge is -2.20. The molecule has 0 bridgehead atoms. The van der Waals surface area contributed by atoms with Crippen molar-refractivity contribution < 1.29 is 14.6 Å². The van der Waals surface area contributed by atoms with E-state index in [0.29, 0.717) is 0 Å². The minimum absolute atomic E-state index is 0.0300. The molecule has 1 atom stereocenters. The second-order valence-electron chi connectivity index (χ2n) is 4.26. The highest BCUT2D eigenvalue weighted by molar-refractivity contribution is 5.77. The predicted octanol–water partition coefficient (Wildman–Crippen LogP) is 0.689. The third-order valence-corrected chi connectivity index (χ3v) is 1.71. The maximum atomic E-state index is 11.3. The molecule has 0 saturated heterocycles. The normalized spacial score (nSPS) is 13.8. The average molecular weight is 203 g/mol. The first-order valence-electron chi connectivity index (χ1n) is 4.93. The first kappa shape index (κ1) is 13.4. The van der Waals surface area contributed by atoms with E-state index in [2.05, 4.69) is 5.32 Å². The summed E-state index contributed by atoms with van der Waals surface area (Å²) < 4.78 is 5.29. The lowest BCUT2D eigenvalue weighted by molar-refractivity contribution is -0.131. The molecule has 0 aromatic rings. The summed E-state index contributed by atoms with van der Waals surface area (Å²) in [5, 5.41) is 11.5. The molecule has 0 fully saturated rings. The van der Waals surface area contributed by atoms with E-state index in [9.17, 15) is 4.79 Å². The van der Waals surface area contributed by atoms with Gasteiger partial charge in [0.2, 0.25) is 5.91 Å². The van der Waals surface area contributed by atoms with Crippen LogP contribution < -0.4 is 5.32 Å². The van der Waals surface area contributed by atoms with Crippen LogP contribution in [0, 0.1) is 0 Å². The molecule has 0 aliphatic heterocycles. The van der Waals surface area contributed by atoms with E-state index in [-0.39, 0.29) is 30.8 Å². The van der Waals surface area contributed by atoms with Gasteiger partial charge in [0.1, 0.15) is 6.61 Å². The van der Waals surface area contributed by atoms with Gasteiger partial charge in [0.05, 0.1) is 18.2 Å². The molecule has 0 aliphatic rings. The van der Waals surface area contributed by atoms with Gasteiger partial charge in [-0.05, 0) is 27.2 Å². The molecule has 84 valence electrons. The van der Waals surface area contributed by atoms with Crippen molar-refractivity contribution in [2.75, 3.05) is 13.2 Å². The van der Waals surface area contributed by atoms with Gasteiger partial charge < -0.3 is 15.2 Å². The van der Waals surface area contributed by atoms with E-state index >= 15 is 0 Å². The summed E-state index contributed by atoms with van der Waals surface area (Å²) in [6.45, 7) is 7.60. The molecule has 2 N–H and O–H groups in total. The number of hydrogen-bond donors (Lipinski definition) is 2. The molecular formula is C10H21NO3. The maximum absolute atomic E-state index is 11.3. The third kappa shape index (κ3) is 6.86. The quantitative estimate of drug-likeness (QED) is 0.691. The summed E-state index contributed by atoms with van der Waals surface area (Å²) in [4.78, 5) is 11.3. The van der Waals surface area contributed by atoms with Gasteiger partial charge in [-0.15, -0.1) is 0 Å². The monoisotopic (exact) mass is 203 g/mol. The molecule has 14 heavy (non-hydrogen) atoms.